The van der Waals surface area contributed by atoms with Gasteiger partial charge in [-0.1, -0.05) is 0 Å². The molecule has 1 fully saturated rings. The minimum absolute atomic E-state index is 0.00797. The highest BCUT2D eigenvalue weighted by Gasteiger charge is 2.38. The fourth-order valence-electron chi connectivity index (χ4n) is 2.22. The SMILES string of the molecule is NS(=O)(=O)C1CC(=O)N(c2nc(-c3ccc(F)cc3)cs2)C1. The molecule has 0 saturated carbocycles. The summed E-state index contributed by atoms with van der Waals surface area (Å²) in [7, 11) is -3.75. The first-order chi connectivity index (χ1) is 10.3. The summed E-state index contributed by atoms with van der Waals surface area (Å²) < 4.78 is 35.6. The number of carbonyl (C=O) groups is 1. The summed E-state index contributed by atoms with van der Waals surface area (Å²) >= 11 is 1.23. The zero-order valence-corrected chi connectivity index (χ0v) is 12.9. The Morgan fingerprint density at radius 1 is 1.32 bits per heavy atom. The van der Waals surface area contributed by atoms with Crippen molar-refractivity contribution in [2.45, 2.75) is 11.7 Å². The van der Waals surface area contributed by atoms with Gasteiger partial charge in [-0.15, -0.1) is 11.3 Å². The third-order valence-electron chi connectivity index (χ3n) is 3.42. The van der Waals surface area contributed by atoms with Crippen LogP contribution in [-0.2, 0) is 14.8 Å². The molecule has 0 bridgehead atoms. The lowest BCUT2D eigenvalue weighted by Crippen LogP contribution is -2.32. The molecule has 0 aliphatic carbocycles. The molecule has 3 rings (SSSR count). The molecule has 2 aromatic rings. The number of rotatable bonds is 3. The smallest absolute Gasteiger partial charge is 0.230 e. The van der Waals surface area contributed by atoms with E-state index in [1.54, 1.807) is 17.5 Å². The van der Waals surface area contributed by atoms with E-state index >= 15 is 0 Å². The Morgan fingerprint density at radius 3 is 2.59 bits per heavy atom. The zero-order chi connectivity index (χ0) is 15.9. The first-order valence-corrected chi connectivity index (χ1v) is 8.87. The highest BCUT2D eigenvalue weighted by Crippen LogP contribution is 2.31. The van der Waals surface area contributed by atoms with E-state index in [1.807, 2.05) is 0 Å². The average Bonchev–Trinajstić information content (AvgIpc) is 3.05. The fraction of sp³-hybridized carbons (Fsp3) is 0.231. The van der Waals surface area contributed by atoms with Crippen molar-refractivity contribution in [3.05, 3.63) is 35.5 Å². The van der Waals surface area contributed by atoms with Crippen LogP contribution in [0.25, 0.3) is 11.3 Å². The monoisotopic (exact) mass is 341 g/mol. The van der Waals surface area contributed by atoms with Gasteiger partial charge in [0.05, 0.1) is 5.69 Å². The molecule has 116 valence electrons. The molecule has 1 aliphatic heterocycles. The number of primary sulfonamides is 1. The first kappa shape index (κ1) is 15.1. The van der Waals surface area contributed by atoms with Crippen LogP contribution >= 0.6 is 11.3 Å². The lowest BCUT2D eigenvalue weighted by Gasteiger charge is -2.11. The number of hydrogen-bond donors (Lipinski definition) is 1. The summed E-state index contributed by atoms with van der Waals surface area (Å²) in [6.45, 7) is 0.00797. The van der Waals surface area contributed by atoms with E-state index in [0.29, 0.717) is 10.8 Å². The van der Waals surface area contributed by atoms with Crippen LogP contribution in [-0.4, -0.2) is 31.1 Å². The van der Waals surface area contributed by atoms with Gasteiger partial charge >= 0.3 is 0 Å². The third-order valence-corrected chi connectivity index (χ3v) is 5.53. The Morgan fingerprint density at radius 2 is 2.00 bits per heavy atom. The van der Waals surface area contributed by atoms with Gasteiger partial charge in [-0.25, -0.2) is 22.9 Å². The molecule has 1 saturated heterocycles. The number of anilines is 1. The van der Waals surface area contributed by atoms with Crippen molar-refractivity contribution in [2.75, 3.05) is 11.4 Å². The van der Waals surface area contributed by atoms with Crippen LogP contribution in [0.4, 0.5) is 9.52 Å². The van der Waals surface area contributed by atoms with E-state index in [-0.39, 0.29) is 24.7 Å². The molecule has 1 unspecified atom stereocenters. The van der Waals surface area contributed by atoms with Gasteiger partial charge in [0.15, 0.2) is 5.13 Å². The van der Waals surface area contributed by atoms with Gasteiger partial charge < -0.3 is 0 Å². The molecule has 22 heavy (non-hydrogen) atoms. The highest BCUT2D eigenvalue weighted by molar-refractivity contribution is 7.89. The van der Waals surface area contributed by atoms with Crippen molar-refractivity contribution < 1.29 is 17.6 Å². The van der Waals surface area contributed by atoms with E-state index in [0.717, 1.165) is 5.56 Å². The van der Waals surface area contributed by atoms with Crippen molar-refractivity contribution in [2.24, 2.45) is 5.14 Å². The van der Waals surface area contributed by atoms with Gasteiger partial charge in [0, 0.05) is 23.9 Å². The molecule has 1 aromatic heterocycles. The molecular weight excluding hydrogens is 329 g/mol. The molecule has 6 nitrogen and oxygen atoms in total. The number of sulfonamides is 1. The minimum Gasteiger partial charge on any atom is -0.287 e. The van der Waals surface area contributed by atoms with Crippen LogP contribution in [0.5, 0.6) is 0 Å². The highest BCUT2D eigenvalue weighted by atomic mass is 32.2. The summed E-state index contributed by atoms with van der Waals surface area (Å²) in [5.74, 6) is -0.663. The molecule has 1 aliphatic rings. The lowest BCUT2D eigenvalue weighted by molar-refractivity contribution is -0.117. The van der Waals surface area contributed by atoms with E-state index in [4.69, 9.17) is 5.14 Å². The Labute approximate surface area is 130 Å². The topological polar surface area (TPSA) is 93.4 Å². The van der Waals surface area contributed by atoms with Gasteiger partial charge in [-0.3, -0.25) is 9.69 Å². The Bertz CT molecular complexity index is 817. The second-order valence-electron chi connectivity index (χ2n) is 4.94. The van der Waals surface area contributed by atoms with Crippen LogP contribution in [0, 0.1) is 5.82 Å². The number of nitrogens with two attached hydrogens (primary N) is 1. The van der Waals surface area contributed by atoms with E-state index in [1.165, 1.54) is 28.4 Å². The number of thiazole rings is 1. The standard InChI is InChI=1S/C13H12FN3O3S2/c14-9-3-1-8(2-4-9)11-7-21-13(16-11)17-6-10(5-12(17)18)22(15,19)20/h1-4,7,10H,5-6H2,(H2,15,19,20). The zero-order valence-electron chi connectivity index (χ0n) is 11.3. The predicted octanol–water partition coefficient (Wildman–Crippen LogP) is 1.34. The van der Waals surface area contributed by atoms with E-state index in [9.17, 15) is 17.6 Å². The minimum atomic E-state index is -3.75. The number of halogens is 1. The fourth-order valence-corrected chi connectivity index (χ4v) is 3.81. The number of carbonyl (C=O) groups excluding carboxylic acids is 1. The lowest BCUT2D eigenvalue weighted by atomic mass is 10.2. The Balaban J connectivity index is 1.85. The quantitative estimate of drug-likeness (QED) is 0.912. The number of benzene rings is 1. The van der Waals surface area contributed by atoms with Crippen molar-refractivity contribution >= 4 is 32.4 Å². The molecule has 9 heteroatoms. The van der Waals surface area contributed by atoms with Gasteiger partial charge in [0.2, 0.25) is 15.9 Å². The summed E-state index contributed by atoms with van der Waals surface area (Å²) in [4.78, 5) is 17.6. The first-order valence-electron chi connectivity index (χ1n) is 6.38. The van der Waals surface area contributed by atoms with Crippen molar-refractivity contribution in [1.82, 2.24) is 4.98 Å². The van der Waals surface area contributed by atoms with Crippen molar-refractivity contribution in [1.29, 1.82) is 0 Å². The normalized spacial score (nSPS) is 18.9. The van der Waals surface area contributed by atoms with Crippen LogP contribution in [0.2, 0.25) is 0 Å². The third kappa shape index (κ3) is 2.87. The summed E-state index contributed by atoms with van der Waals surface area (Å²) in [5, 5.41) is 6.34. The van der Waals surface area contributed by atoms with Crippen molar-refractivity contribution in [3.8, 4) is 11.3 Å². The van der Waals surface area contributed by atoms with Gasteiger partial charge in [-0.2, -0.15) is 0 Å². The predicted molar refractivity (Wildman–Crippen MR) is 81.4 cm³/mol. The van der Waals surface area contributed by atoms with Crippen LogP contribution in [0.15, 0.2) is 29.6 Å². The molecule has 0 spiro atoms. The second kappa shape index (κ2) is 5.41. The average molecular weight is 341 g/mol. The van der Waals surface area contributed by atoms with E-state index < -0.39 is 15.3 Å². The van der Waals surface area contributed by atoms with Gasteiger partial charge in [0.1, 0.15) is 11.1 Å². The molecule has 2 N–H and O–H groups in total. The number of nitrogens with zero attached hydrogens (tertiary/aromatic N) is 2. The maximum Gasteiger partial charge on any atom is 0.230 e. The maximum absolute atomic E-state index is 12.9. The molecular formula is C13H12FN3O3S2. The molecule has 1 atom stereocenters. The molecule has 0 radical (unpaired) electrons. The number of aromatic nitrogens is 1. The van der Waals surface area contributed by atoms with Crippen molar-refractivity contribution in [3.63, 3.8) is 0 Å². The summed E-state index contributed by atoms with van der Waals surface area (Å²) in [6, 6.07) is 5.83. The number of amides is 1. The number of hydrogen-bond acceptors (Lipinski definition) is 5. The van der Waals surface area contributed by atoms with Crippen LogP contribution < -0.4 is 10.0 Å². The van der Waals surface area contributed by atoms with E-state index in [2.05, 4.69) is 4.98 Å². The molecule has 1 aromatic carbocycles. The van der Waals surface area contributed by atoms with Gasteiger partial charge in [0.25, 0.3) is 0 Å². The Kier molecular flexibility index (Phi) is 3.71. The van der Waals surface area contributed by atoms with Gasteiger partial charge in [-0.05, 0) is 24.3 Å². The Hall–Kier alpha value is -1.84. The van der Waals surface area contributed by atoms with Crippen LogP contribution in [0.3, 0.4) is 0 Å². The maximum atomic E-state index is 12.9. The second-order valence-corrected chi connectivity index (χ2v) is 7.62. The van der Waals surface area contributed by atoms with Crippen LogP contribution in [0.1, 0.15) is 6.42 Å². The summed E-state index contributed by atoms with van der Waals surface area (Å²) in [6.07, 6.45) is -0.135. The molecule has 1 amide bonds. The summed E-state index contributed by atoms with van der Waals surface area (Å²) in [5.41, 5.74) is 1.32. The largest absolute Gasteiger partial charge is 0.287 e. The molecule has 2 heterocycles.